The molecule has 35 heavy (non-hydrogen) atoms. The molecule has 0 saturated heterocycles. The number of carbonyl (C=O) groups is 1. The zero-order valence-corrected chi connectivity index (χ0v) is 21.9. The molecule has 1 atom stereocenters. The van der Waals surface area contributed by atoms with Crippen molar-refractivity contribution in [2.75, 3.05) is 11.9 Å². The molecule has 0 bridgehead atoms. The molecule has 1 aliphatic heterocycles. The van der Waals surface area contributed by atoms with Gasteiger partial charge in [-0.25, -0.2) is 9.48 Å². The van der Waals surface area contributed by atoms with Gasteiger partial charge in [-0.2, -0.15) is 10.1 Å². The highest BCUT2D eigenvalue weighted by Gasteiger charge is 2.36. The average molecular weight is 537 g/mol. The van der Waals surface area contributed by atoms with Crippen molar-refractivity contribution in [1.82, 2.24) is 14.8 Å². The van der Waals surface area contributed by atoms with E-state index < -0.39 is 12.0 Å². The fourth-order valence-electron chi connectivity index (χ4n) is 3.98. The van der Waals surface area contributed by atoms with Crippen molar-refractivity contribution in [3.8, 4) is 5.75 Å². The Kier molecular flexibility index (Phi) is 7.12. The van der Waals surface area contributed by atoms with Gasteiger partial charge in [-0.05, 0) is 41.7 Å². The first-order valence-corrected chi connectivity index (χ1v) is 12.2. The minimum absolute atomic E-state index is 0.0869. The third kappa shape index (κ3) is 5.32. The Hall–Kier alpha value is -3.39. The number of fused-ring (bicyclic) bond motifs is 1. The summed E-state index contributed by atoms with van der Waals surface area (Å²) in [4.78, 5) is 17.4. The molecule has 0 fully saturated rings. The number of hydrogen-bond donors (Lipinski definition) is 1. The fourth-order valence-corrected chi connectivity index (χ4v) is 4.36. The summed E-state index contributed by atoms with van der Waals surface area (Å²) in [6, 6.07) is 13.6. The van der Waals surface area contributed by atoms with Gasteiger partial charge in [0.15, 0.2) is 0 Å². The van der Waals surface area contributed by atoms with Crippen LogP contribution in [0.25, 0.3) is 0 Å². The Morgan fingerprint density at radius 3 is 2.66 bits per heavy atom. The van der Waals surface area contributed by atoms with Crippen LogP contribution in [0.5, 0.6) is 5.75 Å². The maximum absolute atomic E-state index is 13.1. The first kappa shape index (κ1) is 24.7. The summed E-state index contributed by atoms with van der Waals surface area (Å²) in [5.74, 6) is 0.726. The second-order valence-electron chi connectivity index (χ2n) is 9.40. The molecule has 0 saturated carbocycles. The van der Waals surface area contributed by atoms with Crippen molar-refractivity contribution in [2.45, 2.75) is 45.8 Å². The molecular formula is C27H29BrN4O3. The number of anilines is 1. The standard InChI is InChI=1S/C27H29BrN4O3/c1-6-13-34-25(33)23-17(2)31-26-29-16-30-32(26)24(23)21-14-20(28)11-12-22(21)35-15-18-7-9-19(10-8-18)27(3,4)5/h6-12,14,16,24H,1,13,15H2,2-5H3,(H,29,30,31). The highest BCUT2D eigenvalue weighted by atomic mass is 79.9. The smallest absolute Gasteiger partial charge is 0.338 e. The number of nitrogens with one attached hydrogen (secondary N) is 1. The topological polar surface area (TPSA) is 78.3 Å². The lowest BCUT2D eigenvalue weighted by molar-refractivity contribution is -0.138. The monoisotopic (exact) mass is 536 g/mol. The number of hydrogen-bond acceptors (Lipinski definition) is 6. The SMILES string of the molecule is C=CCOC(=O)C1=C(C)Nc2ncnn2C1c1cc(Br)ccc1OCc1ccc(C(C)(C)C)cc1. The molecule has 1 aliphatic rings. The second kappa shape index (κ2) is 10.1. The predicted octanol–water partition coefficient (Wildman–Crippen LogP) is 5.94. The number of benzene rings is 2. The quantitative estimate of drug-likeness (QED) is 0.297. The molecule has 0 amide bonds. The van der Waals surface area contributed by atoms with E-state index in [1.54, 1.807) is 10.8 Å². The molecule has 0 spiro atoms. The minimum atomic E-state index is -0.582. The largest absolute Gasteiger partial charge is 0.489 e. The van der Waals surface area contributed by atoms with Crippen molar-refractivity contribution in [2.24, 2.45) is 0 Å². The van der Waals surface area contributed by atoms with Crippen molar-refractivity contribution in [1.29, 1.82) is 0 Å². The minimum Gasteiger partial charge on any atom is -0.489 e. The fraction of sp³-hybridized carbons (Fsp3) is 0.296. The van der Waals surface area contributed by atoms with Crippen LogP contribution in [0.3, 0.4) is 0 Å². The molecule has 7 nitrogen and oxygen atoms in total. The van der Waals surface area contributed by atoms with E-state index in [0.29, 0.717) is 29.6 Å². The summed E-state index contributed by atoms with van der Waals surface area (Å²) in [7, 11) is 0. The number of ether oxygens (including phenoxy) is 2. The lowest BCUT2D eigenvalue weighted by Gasteiger charge is -2.29. The van der Waals surface area contributed by atoms with Gasteiger partial charge < -0.3 is 14.8 Å². The van der Waals surface area contributed by atoms with Crippen LogP contribution in [0.15, 0.2) is 77.2 Å². The summed E-state index contributed by atoms with van der Waals surface area (Å²) < 4.78 is 14.2. The zero-order valence-electron chi connectivity index (χ0n) is 20.3. The maximum atomic E-state index is 13.1. The highest BCUT2D eigenvalue weighted by Crippen LogP contribution is 2.40. The molecule has 0 aliphatic carbocycles. The summed E-state index contributed by atoms with van der Waals surface area (Å²) in [5.41, 5.74) is 4.25. The van der Waals surface area contributed by atoms with Crippen LogP contribution >= 0.6 is 15.9 Å². The van der Waals surface area contributed by atoms with Gasteiger partial charge >= 0.3 is 5.97 Å². The molecule has 182 valence electrons. The average Bonchev–Trinajstić information content (AvgIpc) is 3.28. The number of esters is 1. The number of rotatable bonds is 7. The molecule has 3 aromatic rings. The van der Waals surface area contributed by atoms with E-state index in [0.717, 1.165) is 15.6 Å². The summed E-state index contributed by atoms with van der Waals surface area (Å²) in [6.45, 7) is 12.5. The molecule has 0 radical (unpaired) electrons. The molecule has 2 aromatic carbocycles. The first-order valence-electron chi connectivity index (χ1n) is 11.4. The predicted molar refractivity (Wildman–Crippen MR) is 139 cm³/mol. The zero-order chi connectivity index (χ0) is 25.2. The van der Waals surface area contributed by atoms with Crippen LogP contribution in [-0.2, 0) is 21.6 Å². The summed E-state index contributed by atoms with van der Waals surface area (Å²) >= 11 is 3.57. The van der Waals surface area contributed by atoms with E-state index in [4.69, 9.17) is 9.47 Å². The van der Waals surface area contributed by atoms with Gasteiger partial charge in [0, 0.05) is 15.7 Å². The van der Waals surface area contributed by atoms with Crippen LogP contribution < -0.4 is 10.1 Å². The van der Waals surface area contributed by atoms with Crippen LogP contribution in [0.1, 0.15) is 50.4 Å². The lowest BCUT2D eigenvalue weighted by Crippen LogP contribution is -2.30. The van der Waals surface area contributed by atoms with Gasteiger partial charge in [0.2, 0.25) is 5.95 Å². The second-order valence-corrected chi connectivity index (χ2v) is 10.3. The molecule has 4 rings (SSSR count). The maximum Gasteiger partial charge on any atom is 0.338 e. The van der Waals surface area contributed by atoms with Crippen molar-refractivity contribution in [3.05, 3.63) is 93.9 Å². The molecule has 8 heteroatoms. The molecule has 1 N–H and O–H groups in total. The summed E-state index contributed by atoms with van der Waals surface area (Å²) in [5, 5.41) is 7.54. The summed E-state index contributed by atoms with van der Waals surface area (Å²) in [6.07, 6.45) is 2.99. The Balaban J connectivity index is 1.70. The Morgan fingerprint density at radius 1 is 1.23 bits per heavy atom. The van der Waals surface area contributed by atoms with Gasteiger partial charge in [-0.15, -0.1) is 0 Å². The van der Waals surface area contributed by atoms with Crippen LogP contribution in [0.4, 0.5) is 5.95 Å². The van der Waals surface area contributed by atoms with Gasteiger partial charge in [-0.3, -0.25) is 0 Å². The van der Waals surface area contributed by atoms with E-state index in [1.807, 2.05) is 25.1 Å². The van der Waals surface area contributed by atoms with Gasteiger partial charge in [0.25, 0.3) is 0 Å². The Morgan fingerprint density at radius 2 is 1.97 bits per heavy atom. The Bertz CT molecular complexity index is 1270. The number of carbonyl (C=O) groups excluding carboxylic acids is 1. The lowest BCUT2D eigenvalue weighted by atomic mass is 9.87. The van der Waals surface area contributed by atoms with E-state index in [-0.39, 0.29) is 12.0 Å². The first-order chi connectivity index (χ1) is 16.7. The van der Waals surface area contributed by atoms with E-state index in [2.05, 4.69) is 82.9 Å². The highest BCUT2D eigenvalue weighted by molar-refractivity contribution is 9.10. The molecular weight excluding hydrogens is 508 g/mol. The Labute approximate surface area is 214 Å². The number of allylic oxidation sites excluding steroid dienone is 1. The third-order valence-corrected chi connectivity index (χ3v) is 6.32. The van der Waals surface area contributed by atoms with Crippen molar-refractivity contribution < 1.29 is 14.3 Å². The van der Waals surface area contributed by atoms with Gasteiger partial charge in [0.05, 0.1) is 5.57 Å². The van der Waals surface area contributed by atoms with Gasteiger partial charge in [0.1, 0.15) is 31.3 Å². The molecule has 1 unspecified atom stereocenters. The van der Waals surface area contributed by atoms with E-state index in [1.165, 1.54) is 11.9 Å². The third-order valence-electron chi connectivity index (χ3n) is 5.83. The van der Waals surface area contributed by atoms with Crippen molar-refractivity contribution in [3.63, 3.8) is 0 Å². The molecule has 2 heterocycles. The number of nitrogens with zero attached hydrogens (tertiary/aromatic N) is 3. The van der Waals surface area contributed by atoms with Gasteiger partial charge in [-0.1, -0.05) is 73.6 Å². The number of halogens is 1. The van der Waals surface area contributed by atoms with Crippen LogP contribution in [-0.4, -0.2) is 27.3 Å². The number of aromatic nitrogens is 3. The van der Waals surface area contributed by atoms with E-state index in [9.17, 15) is 4.79 Å². The normalized spacial score (nSPS) is 15.3. The van der Waals surface area contributed by atoms with Crippen molar-refractivity contribution >= 4 is 27.8 Å². The van der Waals surface area contributed by atoms with Crippen LogP contribution in [0.2, 0.25) is 0 Å². The van der Waals surface area contributed by atoms with Crippen LogP contribution in [0, 0.1) is 0 Å². The molecule has 1 aromatic heterocycles. The van der Waals surface area contributed by atoms with E-state index >= 15 is 0 Å².